The van der Waals surface area contributed by atoms with Crippen molar-refractivity contribution in [3.05, 3.63) is 35.4 Å². The number of imide groups is 1. The summed E-state index contributed by atoms with van der Waals surface area (Å²) >= 11 is 0. The van der Waals surface area contributed by atoms with Crippen molar-refractivity contribution in [2.24, 2.45) is 17.6 Å². The number of benzene rings is 1. The number of hydrogen-bond acceptors (Lipinski definition) is 4. The number of rotatable bonds is 3. The van der Waals surface area contributed by atoms with Gasteiger partial charge in [0.1, 0.15) is 5.54 Å². The molecule has 4 amide bonds. The van der Waals surface area contributed by atoms with E-state index in [1.807, 2.05) is 0 Å². The predicted octanol–water partition coefficient (Wildman–Crippen LogP) is 1.38. The van der Waals surface area contributed by atoms with Crippen LogP contribution in [-0.2, 0) is 10.3 Å². The Kier molecular flexibility index (Phi) is 4.42. The van der Waals surface area contributed by atoms with E-state index in [1.165, 1.54) is 6.42 Å². The van der Waals surface area contributed by atoms with Crippen LogP contribution in [0.25, 0.3) is 0 Å². The van der Waals surface area contributed by atoms with Crippen molar-refractivity contribution < 1.29 is 14.4 Å². The largest absolute Gasteiger partial charge is 0.349 e. The maximum Gasteiger partial charge on any atom is 0.322 e. The number of nitrogens with two attached hydrogens (primary N) is 1. The second-order valence-corrected chi connectivity index (χ2v) is 8.29. The van der Waals surface area contributed by atoms with E-state index in [1.54, 1.807) is 31.2 Å². The molecule has 3 fully saturated rings. The summed E-state index contributed by atoms with van der Waals surface area (Å²) < 4.78 is 0. The minimum Gasteiger partial charge on any atom is -0.349 e. The Balaban J connectivity index is 1.47. The van der Waals surface area contributed by atoms with Crippen LogP contribution in [0.3, 0.4) is 0 Å². The highest BCUT2D eigenvalue weighted by molar-refractivity contribution is 6.07. The van der Waals surface area contributed by atoms with Crippen LogP contribution in [0.4, 0.5) is 4.79 Å². The van der Waals surface area contributed by atoms with E-state index in [0.717, 1.165) is 25.7 Å². The van der Waals surface area contributed by atoms with Crippen molar-refractivity contribution >= 4 is 17.8 Å². The Morgan fingerprint density at radius 3 is 2.33 bits per heavy atom. The van der Waals surface area contributed by atoms with Crippen LogP contribution in [0.15, 0.2) is 24.3 Å². The summed E-state index contributed by atoms with van der Waals surface area (Å²) in [6.45, 7) is 1.65. The van der Waals surface area contributed by atoms with E-state index in [-0.39, 0.29) is 18.0 Å². The maximum absolute atomic E-state index is 12.8. The van der Waals surface area contributed by atoms with Gasteiger partial charge in [-0.05, 0) is 62.1 Å². The van der Waals surface area contributed by atoms with Crippen LogP contribution < -0.4 is 21.7 Å². The topological polar surface area (TPSA) is 113 Å². The van der Waals surface area contributed by atoms with Crippen LogP contribution >= 0.6 is 0 Å². The number of carbonyl (C=O) groups is 3. The molecule has 2 aliphatic carbocycles. The molecule has 1 aromatic rings. The third kappa shape index (κ3) is 3.20. The van der Waals surface area contributed by atoms with E-state index in [0.29, 0.717) is 23.0 Å². The van der Waals surface area contributed by atoms with Gasteiger partial charge in [-0.2, -0.15) is 0 Å². The Bertz CT molecular complexity index is 764. The van der Waals surface area contributed by atoms with Gasteiger partial charge in [-0.1, -0.05) is 18.6 Å². The molecule has 1 aliphatic heterocycles. The minimum absolute atomic E-state index is 0.0935. The average Bonchev–Trinajstić information content (AvgIpc) is 2.89. The zero-order valence-corrected chi connectivity index (χ0v) is 15.5. The number of carbonyl (C=O) groups excluding carboxylic acids is 3. The standard InChI is InChI=1S/C20H26N4O3/c1-20(18(26)23-19(27)24-20)14-7-5-11(6-8-14)17(25)22-16-12-3-2-4-13(16)10-15(21)9-12/h5-8,12-13,15-16H,2-4,9-10,21H2,1H3,(H,22,25)(H2,23,24,26,27). The lowest BCUT2D eigenvalue weighted by atomic mass is 9.67. The van der Waals surface area contributed by atoms with Crippen molar-refractivity contribution in [1.82, 2.24) is 16.0 Å². The van der Waals surface area contributed by atoms with E-state index in [9.17, 15) is 14.4 Å². The molecule has 1 heterocycles. The molecule has 5 N–H and O–H groups in total. The molecule has 144 valence electrons. The van der Waals surface area contributed by atoms with Crippen LogP contribution in [0.2, 0.25) is 0 Å². The highest BCUT2D eigenvalue weighted by Gasteiger charge is 2.43. The molecule has 0 radical (unpaired) electrons. The smallest absolute Gasteiger partial charge is 0.322 e. The predicted molar refractivity (Wildman–Crippen MR) is 99.8 cm³/mol. The lowest BCUT2D eigenvalue weighted by Gasteiger charge is -2.45. The summed E-state index contributed by atoms with van der Waals surface area (Å²) in [5, 5.41) is 8.10. The normalized spacial score (nSPS) is 35.3. The maximum atomic E-state index is 12.8. The molecular weight excluding hydrogens is 344 g/mol. The Morgan fingerprint density at radius 2 is 1.78 bits per heavy atom. The van der Waals surface area contributed by atoms with Crippen LogP contribution in [-0.4, -0.2) is 29.9 Å². The Hall–Kier alpha value is -2.41. The minimum atomic E-state index is -1.11. The fourth-order valence-corrected chi connectivity index (χ4v) is 4.96. The van der Waals surface area contributed by atoms with Crippen molar-refractivity contribution in [3.63, 3.8) is 0 Å². The summed E-state index contributed by atoms with van der Waals surface area (Å²) in [6, 6.07) is 6.79. The molecule has 2 bridgehead atoms. The number of amides is 4. The van der Waals surface area contributed by atoms with Crippen molar-refractivity contribution in [2.75, 3.05) is 0 Å². The molecule has 0 aromatic heterocycles. The van der Waals surface area contributed by atoms with Crippen molar-refractivity contribution in [3.8, 4) is 0 Å². The highest BCUT2D eigenvalue weighted by atomic mass is 16.2. The average molecular weight is 370 g/mol. The fraction of sp³-hybridized carbons (Fsp3) is 0.550. The van der Waals surface area contributed by atoms with Crippen LogP contribution in [0.5, 0.6) is 0 Å². The first-order valence-electron chi connectivity index (χ1n) is 9.67. The van der Waals surface area contributed by atoms with Gasteiger partial charge in [-0.15, -0.1) is 0 Å². The molecule has 7 heteroatoms. The quantitative estimate of drug-likeness (QED) is 0.602. The van der Waals surface area contributed by atoms with E-state index in [2.05, 4.69) is 16.0 Å². The van der Waals surface area contributed by atoms with Gasteiger partial charge in [-0.3, -0.25) is 14.9 Å². The molecule has 3 aliphatic rings. The van der Waals surface area contributed by atoms with Gasteiger partial charge in [0, 0.05) is 17.6 Å². The van der Waals surface area contributed by atoms with Crippen LogP contribution in [0.1, 0.15) is 54.9 Å². The zero-order valence-electron chi connectivity index (χ0n) is 15.5. The third-order valence-corrected chi connectivity index (χ3v) is 6.44. The molecule has 0 spiro atoms. The van der Waals surface area contributed by atoms with Crippen molar-refractivity contribution in [1.29, 1.82) is 0 Å². The van der Waals surface area contributed by atoms with Gasteiger partial charge in [0.25, 0.3) is 11.8 Å². The van der Waals surface area contributed by atoms with Gasteiger partial charge < -0.3 is 16.4 Å². The summed E-state index contributed by atoms with van der Waals surface area (Å²) in [6.07, 6.45) is 5.43. The summed E-state index contributed by atoms with van der Waals surface area (Å²) in [7, 11) is 0. The lowest BCUT2D eigenvalue weighted by Crippen LogP contribution is -2.53. The van der Waals surface area contributed by atoms with E-state index >= 15 is 0 Å². The van der Waals surface area contributed by atoms with E-state index < -0.39 is 17.5 Å². The lowest BCUT2D eigenvalue weighted by molar-refractivity contribution is -0.123. The number of fused-ring (bicyclic) bond motifs is 2. The first kappa shape index (κ1) is 18.0. The molecule has 4 rings (SSSR count). The molecular formula is C20H26N4O3. The summed E-state index contributed by atoms with van der Waals surface area (Å²) in [5.74, 6) is 0.444. The van der Waals surface area contributed by atoms with Gasteiger partial charge in [0.2, 0.25) is 0 Å². The Morgan fingerprint density at radius 1 is 1.15 bits per heavy atom. The second kappa shape index (κ2) is 6.64. The van der Waals surface area contributed by atoms with Crippen molar-refractivity contribution in [2.45, 2.75) is 56.7 Å². The number of urea groups is 1. The Labute approximate surface area is 158 Å². The summed E-state index contributed by atoms with van der Waals surface area (Å²) in [4.78, 5) is 36.2. The summed E-state index contributed by atoms with van der Waals surface area (Å²) in [5.41, 5.74) is 6.25. The third-order valence-electron chi connectivity index (χ3n) is 6.44. The first-order chi connectivity index (χ1) is 12.9. The molecule has 7 nitrogen and oxygen atoms in total. The van der Waals surface area contributed by atoms with Crippen LogP contribution in [0, 0.1) is 11.8 Å². The van der Waals surface area contributed by atoms with Gasteiger partial charge >= 0.3 is 6.03 Å². The molecule has 1 saturated heterocycles. The molecule has 27 heavy (non-hydrogen) atoms. The zero-order chi connectivity index (χ0) is 19.2. The molecule has 2 saturated carbocycles. The SMILES string of the molecule is CC1(c2ccc(C(=O)NC3C4CCCC3CC(N)C4)cc2)NC(=O)NC1=O. The number of nitrogens with one attached hydrogen (secondary N) is 3. The monoisotopic (exact) mass is 370 g/mol. The van der Waals surface area contributed by atoms with Gasteiger partial charge in [0.05, 0.1) is 0 Å². The van der Waals surface area contributed by atoms with Gasteiger partial charge in [0.15, 0.2) is 0 Å². The highest BCUT2D eigenvalue weighted by Crippen LogP contribution is 2.39. The fourth-order valence-electron chi connectivity index (χ4n) is 4.96. The second-order valence-electron chi connectivity index (χ2n) is 8.29. The number of hydrogen-bond donors (Lipinski definition) is 4. The van der Waals surface area contributed by atoms with E-state index in [4.69, 9.17) is 5.73 Å². The molecule has 3 atom stereocenters. The molecule has 3 unspecified atom stereocenters. The molecule has 1 aromatic carbocycles. The van der Waals surface area contributed by atoms with Gasteiger partial charge in [-0.25, -0.2) is 4.79 Å². The first-order valence-corrected chi connectivity index (χ1v) is 9.67.